The predicted molar refractivity (Wildman–Crippen MR) is 103 cm³/mol. The third-order valence-corrected chi connectivity index (χ3v) is 7.67. The predicted octanol–water partition coefficient (Wildman–Crippen LogP) is 1.54. The van der Waals surface area contributed by atoms with Gasteiger partial charge in [0.2, 0.25) is 15.9 Å². The molecule has 1 aromatic carbocycles. The van der Waals surface area contributed by atoms with Crippen molar-refractivity contribution >= 4 is 27.5 Å². The Labute approximate surface area is 160 Å². The highest BCUT2D eigenvalue weighted by atomic mass is 35.5. The zero-order valence-corrected chi connectivity index (χ0v) is 16.4. The number of halogens is 1. The quantitative estimate of drug-likeness (QED) is 0.760. The maximum Gasteiger partial charge on any atom is 0.237 e. The number of sulfonamides is 1. The van der Waals surface area contributed by atoms with E-state index < -0.39 is 21.3 Å². The fraction of sp³-hybridized carbons (Fsp3) is 0.611. The Morgan fingerprint density at radius 1 is 1.19 bits per heavy atom. The van der Waals surface area contributed by atoms with Gasteiger partial charge in [0.05, 0.1) is 11.3 Å². The zero-order chi connectivity index (χ0) is 18.6. The lowest BCUT2D eigenvalue weighted by molar-refractivity contribution is -0.122. The first kappa shape index (κ1) is 19.6. The minimum absolute atomic E-state index is 0.129. The molecule has 144 valence electrons. The molecule has 2 aliphatic rings. The van der Waals surface area contributed by atoms with Crippen molar-refractivity contribution < 1.29 is 13.2 Å². The summed E-state index contributed by atoms with van der Waals surface area (Å²) in [4.78, 5) is 12.3. The van der Waals surface area contributed by atoms with E-state index in [9.17, 15) is 13.2 Å². The first-order valence-corrected chi connectivity index (χ1v) is 11.1. The third kappa shape index (κ3) is 4.76. The number of rotatable bonds is 6. The molecule has 6 nitrogen and oxygen atoms in total. The summed E-state index contributed by atoms with van der Waals surface area (Å²) < 4.78 is 27.1. The molecular weight excluding hydrogens is 374 g/mol. The van der Waals surface area contributed by atoms with Crippen molar-refractivity contribution in [1.82, 2.24) is 14.9 Å². The third-order valence-electron chi connectivity index (χ3n) is 5.13. The minimum atomic E-state index is -3.32. The van der Waals surface area contributed by atoms with Crippen molar-refractivity contribution in [3.05, 3.63) is 34.9 Å². The van der Waals surface area contributed by atoms with E-state index in [1.165, 1.54) is 0 Å². The van der Waals surface area contributed by atoms with Crippen LogP contribution in [-0.4, -0.2) is 56.1 Å². The van der Waals surface area contributed by atoms with Crippen LogP contribution in [0.2, 0.25) is 5.02 Å². The number of nitrogens with one attached hydrogen (secondary N) is 2. The molecule has 8 heteroatoms. The van der Waals surface area contributed by atoms with E-state index in [-0.39, 0.29) is 5.91 Å². The summed E-state index contributed by atoms with van der Waals surface area (Å²) in [5.74, 6) is -0.129. The van der Waals surface area contributed by atoms with Crippen LogP contribution in [0.25, 0.3) is 0 Å². The van der Waals surface area contributed by atoms with Crippen molar-refractivity contribution in [2.45, 2.75) is 43.4 Å². The van der Waals surface area contributed by atoms with Gasteiger partial charge in [-0.3, -0.25) is 4.79 Å². The summed E-state index contributed by atoms with van der Waals surface area (Å²) in [6.45, 7) is 2.07. The molecule has 0 bridgehead atoms. The molecular formula is C18H26ClN3O3S. The van der Waals surface area contributed by atoms with Gasteiger partial charge in [0.1, 0.15) is 0 Å². The molecule has 2 fully saturated rings. The fourth-order valence-corrected chi connectivity index (χ4v) is 5.62. The molecule has 26 heavy (non-hydrogen) atoms. The van der Waals surface area contributed by atoms with Crippen molar-refractivity contribution in [2.24, 2.45) is 0 Å². The topological polar surface area (TPSA) is 78.5 Å². The van der Waals surface area contributed by atoms with E-state index in [4.69, 9.17) is 11.6 Å². The van der Waals surface area contributed by atoms with Crippen LogP contribution in [0.4, 0.5) is 0 Å². The molecule has 2 atom stereocenters. The number of carbonyl (C=O) groups is 1. The van der Waals surface area contributed by atoms with Crippen LogP contribution < -0.4 is 10.6 Å². The summed E-state index contributed by atoms with van der Waals surface area (Å²) in [6.07, 6.45) is 3.99. The molecule has 2 saturated heterocycles. The summed E-state index contributed by atoms with van der Waals surface area (Å²) in [5.41, 5.74) is 1.10. The van der Waals surface area contributed by atoms with Gasteiger partial charge in [-0.15, -0.1) is 0 Å². The highest BCUT2D eigenvalue weighted by molar-refractivity contribution is 7.89. The number of carbonyl (C=O) groups excluding carboxylic acids is 1. The number of piperidine rings is 1. The second kappa shape index (κ2) is 8.69. The van der Waals surface area contributed by atoms with Gasteiger partial charge in [-0.1, -0.05) is 30.2 Å². The van der Waals surface area contributed by atoms with Gasteiger partial charge < -0.3 is 10.6 Å². The molecule has 0 aromatic heterocycles. The highest BCUT2D eigenvalue weighted by Crippen LogP contribution is 2.22. The van der Waals surface area contributed by atoms with Crippen LogP contribution in [0.3, 0.4) is 0 Å². The Balaban J connectivity index is 1.46. The summed E-state index contributed by atoms with van der Waals surface area (Å²) in [6, 6.07) is 7.08. The summed E-state index contributed by atoms with van der Waals surface area (Å²) >= 11 is 5.86. The van der Waals surface area contributed by atoms with Crippen LogP contribution in [-0.2, 0) is 21.2 Å². The maximum atomic E-state index is 12.7. The van der Waals surface area contributed by atoms with Crippen molar-refractivity contribution in [2.75, 3.05) is 26.2 Å². The van der Waals surface area contributed by atoms with Crippen molar-refractivity contribution in [3.8, 4) is 0 Å². The van der Waals surface area contributed by atoms with Gasteiger partial charge >= 0.3 is 0 Å². The standard InChI is InChI=1S/C18H26ClN3O3S/c19-15-6-4-14(5-7-15)8-9-20-18(23)17-12-16(13-21-17)26(24,25)22-10-2-1-3-11-22/h4-7,16-17,21H,1-3,8-13H2,(H,20,23). The normalized spacial score (nSPS) is 24.5. The van der Waals surface area contributed by atoms with Crippen molar-refractivity contribution in [1.29, 1.82) is 0 Å². The Bertz CT molecular complexity index is 718. The Morgan fingerprint density at radius 3 is 2.58 bits per heavy atom. The van der Waals surface area contributed by atoms with Gasteiger partial charge in [0, 0.05) is 31.2 Å². The molecule has 2 N–H and O–H groups in total. The largest absolute Gasteiger partial charge is 0.354 e. The van der Waals surface area contributed by atoms with E-state index in [0.29, 0.717) is 44.0 Å². The first-order chi connectivity index (χ1) is 12.5. The van der Waals surface area contributed by atoms with Gasteiger partial charge in [-0.2, -0.15) is 0 Å². The Kier molecular flexibility index (Phi) is 6.55. The monoisotopic (exact) mass is 399 g/mol. The minimum Gasteiger partial charge on any atom is -0.354 e. The van der Waals surface area contributed by atoms with E-state index in [0.717, 1.165) is 24.8 Å². The number of hydrogen-bond donors (Lipinski definition) is 2. The molecule has 1 aromatic rings. The Morgan fingerprint density at radius 2 is 1.88 bits per heavy atom. The molecule has 2 unspecified atom stereocenters. The number of nitrogens with zero attached hydrogens (tertiary/aromatic N) is 1. The molecule has 2 aliphatic heterocycles. The second-order valence-corrected chi connectivity index (χ2v) is 9.64. The molecule has 2 heterocycles. The summed E-state index contributed by atoms with van der Waals surface area (Å²) in [5, 5.41) is 6.15. The lowest BCUT2D eigenvalue weighted by Crippen LogP contribution is -2.42. The van der Waals surface area contributed by atoms with E-state index in [1.807, 2.05) is 24.3 Å². The number of benzene rings is 1. The number of amides is 1. The van der Waals surface area contributed by atoms with E-state index in [1.54, 1.807) is 4.31 Å². The maximum absolute atomic E-state index is 12.7. The summed E-state index contributed by atoms with van der Waals surface area (Å²) in [7, 11) is -3.32. The van der Waals surface area contributed by atoms with Crippen LogP contribution in [0.1, 0.15) is 31.2 Å². The average Bonchev–Trinajstić information content (AvgIpc) is 3.15. The van der Waals surface area contributed by atoms with Crippen LogP contribution in [0, 0.1) is 0 Å². The lowest BCUT2D eigenvalue weighted by atomic mass is 10.1. The lowest BCUT2D eigenvalue weighted by Gasteiger charge is -2.28. The van der Waals surface area contributed by atoms with Gasteiger partial charge in [-0.25, -0.2) is 12.7 Å². The molecule has 1 amide bonds. The zero-order valence-electron chi connectivity index (χ0n) is 14.8. The smallest absolute Gasteiger partial charge is 0.237 e. The average molecular weight is 400 g/mol. The molecule has 0 saturated carbocycles. The fourth-order valence-electron chi connectivity index (χ4n) is 3.56. The molecule has 0 aliphatic carbocycles. The molecule has 0 radical (unpaired) electrons. The van der Waals surface area contributed by atoms with Gasteiger partial charge in [0.25, 0.3) is 0 Å². The van der Waals surface area contributed by atoms with Crippen LogP contribution >= 0.6 is 11.6 Å². The second-order valence-electron chi connectivity index (χ2n) is 6.99. The van der Waals surface area contributed by atoms with Gasteiger partial charge in [0.15, 0.2) is 0 Å². The van der Waals surface area contributed by atoms with E-state index in [2.05, 4.69) is 10.6 Å². The van der Waals surface area contributed by atoms with Crippen LogP contribution in [0.5, 0.6) is 0 Å². The molecule has 3 rings (SSSR count). The number of hydrogen-bond acceptors (Lipinski definition) is 4. The SMILES string of the molecule is O=C(NCCc1ccc(Cl)cc1)C1CC(S(=O)(=O)N2CCCCC2)CN1. The molecule has 0 spiro atoms. The Hall–Kier alpha value is -1.15. The van der Waals surface area contributed by atoms with Crippen LogP contribution in [0.15, 0.2) is 24.3 Å². The first-order valence-electron chi connectivity index (χ1n) is 9.21. The van der Waals surface area contributed by atoms with Crippen molar-refractivity contribution in [3.63, 3.8) is 0 Å². The van der Waals surface area contributed by atoms with Gasteiger partial charge in [-0.05, 0) is 43.4 Å². The van der Waals surface area contributed by atoms with E-state index >= 15 is 0 Å². The highest BCUT2D eigenvalue weighted by Gasteiger charge is 2.40.